The molecule has 0 spiro atoms. The molecule has 0 unspecified atom stereocenters. The van der Waals surface area contributed by atoms with E-state index in [0.29, 0.717) is 0 Å². The summed E-state index contributed by atoms with van der Waals surface area (Å²) in [6, 6.07) is 7.87. The van der Waals surface area contributed by atoms with Gasteiger partial charge in [-0.2, -0.15) is 0 Å². The molecular formula is C11H13ClN3+. The molecule has 2 rings (SSSR count). The molecule has 0 saturated heterocycles. The van der Waals surface area contributed by atoms with Gasteiger partial charge in [-0.25, -0.2) is 4.57 Å². The summed E-state index contributed by atoms with van der Waals surface area (Å²) >= 11 is 5.91. The van der Waals surface area contributed by atoms with Gasteiger partial charge >= 0.3 is 0 Å². The summed E-state index contributed by atoms with van der Waals surface area (Å²) in [4.78, 5) is 0. The van der Waals surface area contributed by atoms with E-state index in [2.05, 4.69) is 18.1 Å². The Morgan fingerprint density at radius 3 is 3.00 bits per heavy atom. The van der Waals surface area contributed by atoms with Crippen LogP contribution in [0.15, 0.2) is 36.9 Å². The molecule has 0 radical (unpaired) electrons. The summed E-state index contributed by atoms with van der Waals surface area (Å²) in [6.45, 7) is 3.76. The highest BCUT2D eigenvalue weighted by Gasteiger charge is 2.04. The van der Waals surface area contributed by atoms with Gasteiger partial charge in [-0.15, -0.1) is 4.68 Å². The quantitative estimate of drug-likeness (QED) is 0.727. The third-order valence-electron chi connectivity index (χ3n) is 2.21. The van der Waals surface area contributed by atoms with Gasteiger partial charge in [-0.3, -0.25) is 0 Å². The van der Waals surface area contributed by atoms with Crippen molar-refractivity contribution in [2.24, 2.45) is 0 Å². The van der Waals surface area contributed by atoms with Crippen molar-refractivity contribution in [1.29, 1.82) is 0 Å². The van der Waals surface area contributed by atoms with Gasteiger partial charge in [0.2, 0.25) is 6.33 Å². The highest BCUT2D eigenvalue weighted by atomic mass is 35.5. The van der Waals surface area contributed by atoms with Crippen LogP contribution in [-0.4, -0.2) is 9.78 Å². The minimum Gasteiger partial charge on any atom is -0.233 e. The lowest BCUT2D eigenvalue weighted by molar-refractivity contribution is -0.689. The molecule has 15 heavy (non-hydrogen) atoms. The number of rotatable bonds is 3. The number of hydrogen-bond acceptors (Lipinski definition) is 1. The zero-order chi connectivity index (χ0) is 10.7. The van der Waals surface area contributed by atoms with Crippen LogP contribution in [0.25, 0.3) is 0 Å². The minimum absolute atomic E-state index is 0.774. The molecule has 0 aliphatic heterocycles. The van der Waals surface area contributed by atoms with Crippen LogP contribution < -0.4 is 4.57 Å². The molecule has 1 aromatic carbocycles. The predicted molar refractivity (Wildman–Crippen MR) is 58.7 cm³/mol. The highest BCUT2D eigenvalue weighted by Crippen LogP contribution is 2.09. The lowest BCUT2D eigenvalue weighted by Crippen LogP contribution is -2.31. The van der Waals surface area contributed by atoms with Gasteiger partial charge in [-0.1, -0.05) is 23.7 Å². The molecule has 0 fully saturated rings. The molecule has 1 aromatic heterocycles. The molecule has 0 atom stereocenters. The summed E-state index contributed by atoms with van der Waals surface area (Å²) < 4.78 is 3.93. The van der Waals surface area contributed by atoms with E-state index in [9.17, 15) is 0 Å². The Morgan fingerprint density at radius 1 is 1.47 bits per heavy atom. The Bertz CT molecular complexity index is 451. The van der Waals surface area contributed by atoms with Gasteiger partial charge < -0.3 is 0 Å². The topological polar surface area (TPSA) is 21.7 Å². The fourth-order valence-corrected chi connectivity index (χ4v) is 1.67. The first-order chi connectivity index (χ1) is 7.28. The number of aryl methyl sites for hydroxylation is 1. The third-order valence-corrected chi connectivity index (χ3v) is 2.44. The van der Waals surface area contributed by atoms with Gasteiger partial charge in [0.25, 0.3) is 6.33 Å². The smallest absolute Gasteiger partial charge is 0.233 e. The number of nitrogens with zero attached hydrogens (tertiary/aromatic N) is 3. The molecule has 78 valence electrons. The number of halogens is 1. The van der Waals surface area contributed by atoms with Crippen molar-refractivity contribution in [2.45, 2.75) is 20.0 Å². The first-order valence-corrected chi connectivity index (χ1v) is 5.31. The van der Waals surface area contributed by atoms with E-state index in [1.165, 1.54) is 5.56 Å². The summed E-state index contributed by atoms with van der Waals surface area (Å²) in [5.41, 5.74) is 1.18. The van der Waals surface area contributed by atoms with Gasteiger partial charge in [0.15, 0.2) is 0 Å². The second-order valence-electron chi connectivity index (χ2n) is 3.40. The van der Waals surface area contributed by atoms with Crippen LogP contribution in [0.3, 0.4) is 0 Å². The Kier molecular flexibility index (Phi) is 3.02. The van der Waals surface area contributed by atoms with Gasteiger partial charge in [0, 0.05) is 10.1 Å². The molecular weight excluding hydrogens is 210 g/mol. The van der Waals surface area contributed by atoms with E-state index in [4.69, 9.17) is 11.6 Å². The second-order valence-corrected chi connectivity index (χ2v) is 3.84. The first kappa shape index (κ1) is 10.2. The van der Waals surface area contributed by atoms with Gasteiger partial charge in [0.1, 0.15) is 6.54 Å². The average Bonchev–Trinajstić information content (AvgIpc) is 2.65. The van der Waals surface area contributed by atoms with E-state index < -0.39 is 0 Å². The maximum absolute atomic E-state index is 5.91. The van der Waals surface area contributed by atoms with Crippen molar-refractivity contribution < 1.29 is 4.57 Å². The van der Waals surface area contributed by atoms with Gasteiger partial charge in [0.05, 0.1) is 6.54 Å². The van der Waals surface area contributed by atoms with E-state index in [1.54, 1.807) is 0 Å². The van der Waals surface area contributed by atoms with Crippen LogP contribution in [-0.2, 0) is 13.1 Å². The van der Waals surface area contributed by atoms with E-state index in [-0.39, 0.29) is 0 Å². The van der Waals surface area contributed by atoms with Crippen LogP contribution in [0.4, 0.5) is 0 Å². The predicted octanol–water partition coefficient (Wildman–Crippen LogP) is 1.89. The summed E-state index contributed by atoms with van der Waals surface area (Å²) in [6.07, 6.45) is 3.81. The maximum Gasteiger partial charge on any atom is 0.265 e. The maximum atomic E-state index is 5.91. The molecule has 0 saturated carbocycles. The van der Waals surface area contributed by atoms with Crippen molar-refractivity contribution >= 4 is 11.6 Å². The zero-order valence-corrected chi connectivity index (χ0v) is 9.35. The van der Waals surface area contributed by atoms with Crippen LogP contribution in [0.5, 0.6) is 0 Å². The Morgan fingerprint density at radius 2 is 2.33 bits per heavy atom. The van der Waals surface area contributed by atoms with Crippen LogP contribution >= 0.6 is 11.6 Å². The molecule has 1 heterocycles. The summed E-state index contributed by atoms with van der Waals surface area (Å²) in [7, 11) is 0. The van der Waals surface area contributed by atoms with E-state index in [1.807, 2.05) is 40.1 Å². The van der Waals surface area contributed by atoms with E-state index >= 15 is 0 Å². The molecule has 0 N–H and O–H groups in total. The highest BCUT2D eigenvalue weighted by molar-refractivity contribution is 6.30. The molecule has 3 nitrogen and oxygen atoms in total. The van der Waals surface area contributed by atoms with Crippen LogP contribution in [0, 0.1) is 0 Å². The van der Waals surface area contributed by atoms with Crippen molar-refractivity contribution in [3.8, 4) is 0 Å². The van der Waals surface area contributed by atoms with Crippen molar-refractivity contribution in [3.05, 3.63) is 47.5 Å². The lowest BCUT2D eigenvalue weighted by Gasteiger charge is -1.98. The lowest BCUT2D eigenvalue weighted by atomic mass is 10.2. The monoisotopic (exact) mass is 222 g/mol. The fraction of sp³-hybridized carbons (Fsp3) is 0.273. The molecule has 4 heteroatoms. The standard InChI is InChI=1S/C11H13ClN3/c1-2-15-9-14(8-13-15)7-10-4-3-5-11(12)6-10/h3-6,8-9H,2,7H2,1H3/q+1. The number of hydrogen-bond donors (Lipinski definition) is 0. The molecule has 0 amide bonds. The van der Waals surface area contributed by atoms with Crippen LogP contribution in [0.2, 0.25) is 5.02 Å². The molecule has 0 aliphatic rings. The van der Waals surface area contributed by atoms with E-state index in [0.717, 1.165) is 18.1 Å². The SMILES string of the molecule is CCn1c[n+](Cc2cccc(Cl)c2)cn1. The van der Waals surface area contributed by atoms with Crippen molar-refractivity contribution in [3.63, 3.8) is 0 Å². The molecule has 2 aromatic rings. The largest absolute Gasteiger partial charge is 0.265 e. The fourth-order valence-electron chi connectivity index (χ4n) is 1.45. The third kappa shape index (κ3) is 2.57. The summed E-state index contributed by atoms with van der Waals surface area (Å²) in [5, 5.41) is 4.97. The second kappa shape index (κ2) is 4.45. The minimum atomic E-state index is 0.774. The van der Waals surface area contributed by atoms with Gasteiger partial charge in [-0.05, 0) is 24.6 Å². The Balaban J connectivity index is 2.14. The zero-order valence-electron chi connectivity index (χ0n) is 8.60. The summed E-state index contributed by atoms with van der Waals surface area (Å²) in [5.74, 6) is 0. The molecule has 0 aliphatic carbocycles. The Hall–Kier alpha value is -1.35. The van der Waals surface area contributed by atoms with Crippen molar-refractivity contribution in [2.75, 3.05) is 0 Å². The average molecular weight is 223 g/mol. The normalized spacial score (nSPS) is 10.5. The van der Waals surface area contributed by atoms with Crippen molar-refractivity contribution in [1.82, 2.24) is 9.78 Å². The Labute approximate surface area is 93.9 Å². The first-order valence-electron chi connectivity index (χ1n) is 4.94. The number of aromatic nitrogens is 3. The molecule has 0 bridgehead atoms. The number of benzene rings is 1. The van der Waals surface area contributed by atoms with Crippen LogP contribution in [0.1, 0.15) is 12.5 Å².